The smallest absolute Gasteiger partial charge is 0.313 e. The Balaban J connectivity index is 2.01. The summed E-state index contributed by atoms with van der Waals surface area (Å²) < 4.78 is 35.4. The molecule has 0 fully saturated rings. The van der Waals surface area contributed by atoms with Crippen molar-refractivity contribution in [3.63, 3.8) is 0 Å². The van der Waals surface area contributed by atoms with E-state index in [0.717, 1.165) is 5.56 Å². The van der Waals surface area contributed by atoms with Gasteiger partial charge in [-0.2, -0.15) is 13.2 Å². The molecule has 1 heterocycles. The molecule has 0 saturated heterocycles. The monoisotopic (exact) mass is 232 g/mol. The summed E-state index contributed by atoms with van der Waals surface area (Å²) in [5.74, 6) is 0. The molecule has 0 atom stereocenters. The molecule has 1 aromatic heterocycles. The summed E-state index contributed by atoms with van der Waals surface area (Å²) in [5.41, 5.74) is 1.04. The number of nitrogens with zero attached hydrogens (tertiary/aromatic N) is 1. The Bertz CT molecular complexity index is 285. The summed E-state index contributed by atoms with van der Waals surface area (Å²) in [5, 5.41) is 3.08. The van der Waals surface area contributed by atoms with Gasteiger partial charge in [-0.25, -0.2) is 0 Å². The fourth-order valence-corrected chi connectivity index (χ4v) is 1.31. The van der Waals surface area contributed by atoms with Crippen molar-refractivity contribution in [1.82, 2.24) is 10.3 Å². The highest BCUT2D eigenvalue weighted by Crippen LogP contribution is 2.21. The average molecular weight is 232 g/mol. The number of rotatable bonds is 6. The van der Waals surface area contributed by atoms with E-state index in [1.54, 1.807) is 12.4 Å². The highest BCUT2D eigenvalue weighted by atomic mass is 19.4. The van der Waals surface area contributed by atoms with Crippen LogP contribution in [0.2, 0.25) is 0 Å². The van der Waals surface area contributed by atoms with Crippen LogP contribution in [0.4, 0.5) is 13.2 Å². The van der Waals surface area contributed by atoms with Gasteiger partial charge in [0, 0.05) is 25.4 Å². The lowest BCUT2D eigenvalue weighted by Crippen LogP contribution is -2.15. The SMILES string of the molecule is FC(F)(F)CCCCNCc1cccnc1. The van der Waals surface area contributed by atoms with Crippen LogP contribution in [0.25, 0.3) is 0 Å². The molecule has 0 aliphatic rings. The lowest BCUT2D eigenvalue weighted by Gasteiger charge is -2.06. The third-order valence-electron chi connectivity index (χ3n) is 2.12. The average Bonchev–Trinajstić information content (AvgIpc) is 2.23. The number of halogens is 3. The minimum atomic E-state index is -4.02. The van der Waals surface area contributed by atoms with Crippen LogP contribution in [-0.4, -0.2) is 17.7 Å². The maximum Gasteiger partial charge on any atom is 0.389 e. The zero-order chi connectivity index (χ0) is 11.9. The molecule has 0 saturated carbocycles. The van der Waals surface area contributed by atoms with E-state index < -0.39 is 12.6 Å². The van der Waals surface area contributed by atoms with Crippen molar-refractivity contribution in [2.75, 3.05) is 6.54 Å². The molecule has 90 valence electrons. The van der Waals surface area contributed by atoms with Crippen LogP contribution in [0.1, 0.15) is 24.8 Å². The van der Waals surface area contributed by atoms with Gasteiger partial charge < -0.3 is 5.32 Å². The van der Waals surface area contributed by atoms with E-state index in [1.165, 1.54) is 0 Å². The number of alkyl halides is 3. The van der Waals surface area contributed by atoms with Crippen molar-refractivity contribution in [3.05, 3.63) is 30.1 Å². The first kappa shape index (κ1) is 13.0. The van der Waals surface area contributed by atoms with E-state index >= 15 is 0 Å². The Morgan fingerprint density at radius 2 is 2.06 bits per heavy atom. The second-order valence-corrected chi connectivity index (χ2v) is 3.61. The van der Waals surface area contributed by atoms with Gasteiger partial charge in [-0.3, -0.25) is 4.98 Å². The molecule has 1 N–H and O–H groups in total. The fraction of sp³-hybridized carbons (Fsp3) is 0.545. The quantitative estimate of drug-likeness (QED) is 0.763. The third-order valence-corrected chi connectivity index (χ3v) is 2.12. The van der Waals surface area contributed by atoms with E-state index in [0.29, 0.717) is 19.5 Å². The predicted molar refractivity (Wildman–Crippen MR) is 55.8 cm³/mol. The summed E-state index contributed by atoms with van der Waals surface area (Å²) in [6.45, 7) is 1.25. The summed E-state index contributed by atoms with van der Waals surface area (Å²) in [7, 11) is 0. The predicted octanol–water partition coefficient (Wildman–Crippen LogP) is 2.90. The summed E-state index contributed by atoms with van der Waals surface area (Å²) in [6.07, 6.45) is -0.566. The number of nitrogens with one attached hydrogen (secondary N) is 1. The molecule has 0 bridgehead atoms. The molecular formula is C11H15F3N2. The lowest BCUT2D eigenvalue weighted by molar-refractivity contribution is -0.135. The third kappa shape index (κ3) is 6.40. The Hall–Kier alpha value is -1.10. The zero-order valence-electron chi connectivity index (χ0n) is 8.93. The van der Waals surface area contributed by atoms with Gasteiger partial charge in [0.15, 0.2) is 0 Å². The van der Waals surface area contributed by atoms with Crippen molar-refractivity contribution in [3.8, 4) is 0 Å². The molecule has 16 heavy (non-hydrogen) atoms. The number of aromatic nitrogens is 1. The zero-order valence-corrected chi connectivity index (χ0v) is 8.93. The molecule has 5 heteroatoms. The number of unbranched alkanes of at least 4 members (excludes halogenated alkanes) is 1. The standard InChI is InChI=1S/C11H15F3N2/c12-11(13,14)5-1-2-6-15-8-10-4-3-7-16-9-10/h3-4,7,9,15H,1-2,5-6,8H2. The van der Waals surface area contributed by atoms with Gasteiger partial charge in [0.05, 0.1) is 0 Å². The van der Waals surface area contributed by atoms with E-state index in [1.807, 2.05) is 12.1 Å². The molecular weight excluding hydrogens is 217 g/mol. The Labute approximate surface area is 92.9 Å². The Morgan fingerprint density at radius 1 is 1.25 bits per heavy atom. The van der Waals surface area contributed by atoms with E-state index in [-0.39, 0.29) is 6.42 Å². The van der Waals surface area contributed by atoms with Crippen LogP contribution in [0.15, 0.2) is 24.5 Å². The summed E-state index contributed by atoms with van der Waals surface area (Å²) >= 11 is 0. The van der Waals surface area contributed by atoms with Crippen molar-refractivity contribution in [2.45, 2.75) is 32.0 Å². The fourth-order valence-electron chi connectivity index (χ4n) is 1.31. The first-order chi connectivity index (χ1) is 7.58. The minimum absolute atomic E-state index is 0.184. The van der Waals surface area contributed by atoms with E-state index in [9.17, 15) is 13.2 Å². The minimum Gasteiger partial charge on any atom is -0.313 e. The van der Waals surface area contributed by atoms with Crippen LogP contribution >= 0.6 is 0 Å². The number of hydrogen-bond acceptors (Lipinski definition) is 2. The highest BCUT2D eigenvalue weighted by molar-refractivity contribution is 5.07. The van der Waals surface area contributed by atoms with E-state index in [2.05, 4.69) is 10.3 Å². The van der Waals surface area contributed by atoms with Crippen LogP contribution in [-0.2, 0) is 6.54 Å². The molecule has 0 amide bonds. The van der Waals surface area contributed by atoms with Crippen LogP contribution in [0.3, 0.4) is 0 Å². The topological polar surface area (TPSA) is 24.9 Å². The normalized spacial score (nSPS) is 11.7. The van der Waals surface area contributed by atoms with Crippen LogP contribution < -0.4 is 5.32 Å². The Kier molecular flexibility index (Phi) is 5.25. The van der Waals surface area contributed by atoms with Crippen molar-refractivity contribution in [1.29, 1.82) is 0 Å². The lowest BCUT2D eigenvalue weighted by atomic mass is 10.2. The number of pyridine rings is 1. The first-order valence-corrected chi connectivity index (χ1v) is 5.24. The number of hydrogen-bond donors (Lipinski definition) is 1. The van der Waals surface area contributed by atoms with Gasteiger partial charge >= 0.3 is 6.18 Å². The van der Waals surface area contributed by atoms with Crippen molar-refractivity contribution < 1.29 is 13.2 Å². The molecule has 1 aromatic rings. The van der Waals surface area contributed by atoms with Crippen LogP contribution in [0.5, 0.6) is 0 Å². The molecule has 2 nitrogen and oxygen atoms in total. The first-order valence-electron chi connectivity index (χ1n) is 5.24. The largest absolute Gasteiger partial charge is 0.389 e. The molecule has 0 unspecified atom stereocenters. The van der Waals surface area contributed by atoms with Crippen LogP contribution in [0, 0.1) is 0 Å². The molecule has 1 rings (SSSR count). The molecule has 0 aliphatic carbocycles. The maximum atomic E-state index is 11.8. The van der Waals surface area contributed by atoms with Gasteiger partial charge in [-0.1, -0.05) is 6.07 Å². The molecule has 0 spiro atoms. The van der Waals surface area contributed by atoms with E-state index in [4.69, 9.17) is 0 Å². The Morgan fingerprint density at radius 3 is 2.69 bits per heavy atom. The van der Waals surface area contributed by atoms with Gasteiger partial charge in [0.2, 0.25) is 0 Å². The summed E-state index contributed by atoms with van der Waals surface area (Å²) in [4.78, 5) is 3.94. The van der Waals surface area contributed by atoms with Gasteiger partial charge in [-0.05, 0) is 31.0 Å². The van der Waals surface area contributed by atoms with Gasteiger partial charge in [0.1, 0.15) is 0 Å². The van der Waals surface area contributed by atoms with Gasteiger partial charge in [-0.15, -0.1) is 0 Å². The molecule has 0 aromatic carbocycles. The summed E-state index contributed by atoms with van der Waals surface area (Å²) in [6, 6.07) is 3.76. The molecule has 0 aliphatic heterocycles. The maximum absolute atomic E-state index is 11.8. The second kappa shape index (κ2) is 6.48. The van der Waals surface area contributed by atoms with Gasteiger partial charge in [0.25, 0.3) is 0 Å². The second-order valence-electron chi connectivity index (χ2n) is 3.61. The van der Waals surface area contributed by atoms with Crippen molar-refractivity contribution in [2.24, 2.45) is 0 Å². The molecule has 0 radical (unpaired) electrons. The van der Waals surface area contributed by atoms with Crippen molar-refractivity contribution >= 4 is 0 Å². The highest BCUT2D eigenvalue weighted by Gasteiger charge is 2.25.